The van der Waals surface area contributed by atoms with Gasteiger partial charge in [-0.25, -0.2) is 4.98 Å². The number of likely N-dealkylation sites (tertiary alicyclic amines) is 1. The molecule has 0 aromatic carbocycles. The maximum atomic E-state index is 12.4. The highest BCUT2D eigenvalue weighted by Gasteiger charge is 2.31. The maximum absolute atomic E-state index is 12.4. The first-order valence-corrected chi connectivity index (χ1v) is 6.17. The molecule has 0 aliphatic carbocycles. The molecule has 2 rings (SSSR count). The molecule has 1 amide bonds. The lowest BCUT2D eigenvalue weighted by Gasteiger charge is -2.21. The Bertz CT molecular complexity index is 518. The lowest BCUT2D eigenvalue weighted by atomic mass is 10.1. The van der Waals surface area contributed by atoms with Gasteiger partial charge in [-0.05, 0) is 19.8 Å². The topological polar surface area (TPSA) is 88.4 Å². The summed E-state index contributed by atoms with van der Waals surface area (Å²) in [5.74, 6) is 0.149. The van der Waals surface area contributed by atoms with E-state index >= 15 is 0 Å². The minimum absolute atomic E-state index is 0.0955. The number of aromatic nitrogens is 1. The summed E-state index contributed by atoms with van der Waals surface area (Å²) in [6.07, 6.45) is 2.99. The lowest BCUT2D eigenvalue weighted by Crippen LogP contribution is -2.34. The molecule has 1 atom stereocenters. The van der Waals surface area contributed by atoms with Crippen LogP contribution in [0.25, 0.3) is 0 Å². The van der Waals surface area contributed by atoms with Gasteiger partial charge in [0.25, 0.3) is 11.6 Å². The molecule has 7 nitrogen and oxygen atoms in total. The van der Waals surface area contributed by atoms with Crippen LogP contribution in [-0.4, -0.2) is 40.3 Å². The molecule has 0 spiro atoms. The maximum Gasteiger partial charge on any atom is 0.300 e. The third kappa shape index (κ3) is 2.49. The molecule has 1 aromatic rings. The van der Waals surface area contributed by atoms with E-state index in [1.807, 2.05) is 6.92 Å². The van der Waals surface area contributed by atoms with E-state index < -0.39 is 4.92 Å². The number of carbonyl (C=O) groups is 1. The van der Waals surface area contributed by atoms with Crippen molar-refractivity contribution in [2.75, 3.05) is 18.9 Å². The standard InChI is InChI=1S/C12H16N4O3/c1-8-4-3-5-15(8)12(17)9-6-11(13-2)14-7-10(9)16(18)19/h6-8H,3-5H2,1-2H3,(H,13,14). The summed E-state index contributed by atoms with van der Waals surface area (Å²) in [6.45, 7) is 2.60. The van der Waals surface area contributed by atoms with Crippen molar-refractivity contribution in [2.45, 2.75) is 25.8 Å². The fourth-order valence-corrected chi connectivity index (χ4v) is 2.29. The van der Waals surface area contributed by atoms with Crippen LogP contribution in [0.1, 0.15) is 30.1 Å². The number of nitrogens with zero attached hydrogens (tertiary/aromatic N) is 3. The van der Waals surface area contributed by atoms with Gasteiger partial charge in [-0.15, -0.1) is 0 Å². The van der Waals surface area contributed by atoms with E-state index in [2.05, 4.69) is 10.3 Å². The van der Waals surface area contributed by atoms with Gasteiger partial charge >= 0.3 is 0 Å². The van der Waals surface area contributed by atoms with Crippen molar-refractivity contribution in [2.24, 2.45) is 0 Å². The Hall–Kier alpha value is -2.18. The van der Waals surface area contributed by atoms with Gasteiger partial charge in [0, 0.05) is 25.7 Å². The Morgan fingerprint density at radius 2 is 2.37 bits per heavy atom. The summed E-state index contributed by atoms with van der Waals surface area (Å²) in [7, 11) is 1.65. The Morgan fingerprint density at radius 3 is 2.89 bits per heavy atom. The van der Waals surface area contributed by atoms with Gasteiger partial charge in [-0.3, -0.25) is 14.9 Å². The fourth-order valence-electron chi connectivity index (χ4n) is 2.29. The number of amides is 1. The predicted molar refractivity (Wildman–Crippen MR) is 70.2 cm³/mol. The van der Waals surface area contributed by atoms with Gasteiger partial charge in [0.2, 0.25) is 0 Å². The van der Waals surface area contributed by atoms with E-state index in [0.717, 1.165) is 19.0 Å². The van der Waals surface area contributed by atoms with Crippen LogP contribution in [0.5, 0.6) is 0 Å². The molecule has 102 valence electrons. The molecule has 0 bridgehead atoms. The molecule has 1 aliphatic heterocycles. The van der Waals surface area contributed by atoms with Crippen molar-refractivity contribution in [1.82, 2.24) is 9.88 Å². The normalized spacial score (nSPS) is 18.4. The summed E-state index contributed by atoms with van der Waals surface area (Å²) in [4.78, 5) is 28.4. The Morgan fingerprint density at radius 1 is 1.63 bits per heavy atom. The smallest absolute Gasteiger partial charge is 0.300 e. The number of hydrogen-bond donors (Lipinski definition) is 1. The minimum Gasteiger partial charge on any atom is -0.373 e. The van der Waals surface area contributed by atoms with Crippen LogP contribution in [0.2, 0.25) is 0 Å². The van der Waals surface area contributed by atoms with Gasteiger partial charge in [-0.2, -0.15) is 0 Å². The minimum atomic E-state index is -0.569. The number of pyridine rings is 1. The zero-order chi connectivity index (χ0) is 14.0. The molecule has 2 heterocycles. The number of anilines is 1. The number of nitro groups is 1. The molecule has 0 saturated carbocycles. The number of hydrogen-bond acceptors (Lipinski definition) is 5. The molecule has 19 heavy (non-hydrogen) atoms. The lowest BCUT2D eigenvalue weighted by molar-refractivity contribution is -0.385. The Kier molecular flexibility index (Phi) is 3.64. The fraction of sp³-hybridized carbons (Fsp3) is 0.500. The second-order valence-electron chi connectivity index (χ2n) is 4.58. The highest BCUT2D eigenvalue weighted by molar-refractivity contribution is 5.99. The molecular formula is C12H16N4O3. The third-order valence-corrected chi connectivity index (χ3v) is 3.38. The van der Waals surface area contributed by atoms with Crippen LogP contribution in [0.3, 0.4) is 0 Å². The molecule has 1 unspecified atom stereocenters. The molecule has 1 saturated heterocycles. The first-order chi connectivity index (χ1) is 9.04. The SMILES string of the molecule is CNc1cc(C(=O)N2CCCC2C)c([N+](=O)[O-])cn1. The zero-order valence-electron chi connectivity index (χ0n) is 10.9. The highest BCUT2D eigenvalue weighted by Crippen LogP contribution is 2.25. The van der Waals surface area contributed by atoms with Gasteiger partial charge in [0.05, 0.1) is 4.92 Å². The van der Waals surface area contributed by atoms with Gasteiger partial charge < -0.3 is 10.2 Å². The molecule has 0 radical (unpaired) electrons. The van der Waals surface area contributed by atoms with Crippen LogP contribution >= 0.6 is 0 Å². The largest absolute Gasteiger partial charge is 0.373 e. The second-order valence-corrected chi connectivity index (χ2v) is 4.58. The number of carbonyl (C=O) groups excluding carboxylic acids is 1. The summed E-state index contributed by atoms with van der Waals surface area (Å²) >= 11 is 0. The number of rotatable bonds is 3. The van der Waals surface area contributed by atoms with Crippen molar-refractivity contribution in [3.63, 3.8) is 0 Å². The molecular weight excluding hydrogens is 248 g/mol. The van der Waals surface area contributed by atoms with Crippen molar-refractivity contribution in [1.29, 1.82) is 0 Å². The van der Waals surface area contributed by atoms with Crippen molar-refractivity contribution in [3.8, 4) is 0 Å². The first-order valence-electron chi connectivity index (χ1n) is 6.17. The van der Waals surface area contributed by atoms with Gasteiger partial charge in [-0.1, -0.05) is 0 Å². The predicted octanol–water partition coefficient (Wildman–Crippen LogP) is 1.66. The van der Waals surface area contributed by atoms with E-state index in [1.165, 1.54) is 6.07 Å². The molecule has 1 aliphatic rings. The molecule has 1 aromatic heterocycles. The van der Waals surface area contributed by atoms with E-state index in [1.54, 1.807) is 11.9 Å². The van der Waals surface area contributed by atoms with Crippen molar-refractivity contribution >= 4 is 17.4 Å². The Balaban J connectivity index is 2.41. The monoisotopic (exact) mass is 264 g/mol. The molecule has 1 N–H and O–H groups in total. The van der Waals surface area contributed by atoms with Crippen LogP contribution in [0, 0.1) is 10.1 Å². The van der Waals surface area contributed by atoms with Gasteiger partial charge in [0.15, 0.2) is 0 Å². The molecule has 7 heteroatoms. The van der Waals surface area contributed by atoms with Crippen LogP contribution < -0.4 is 5.32 Å². The quantitative estimate of drug-likeness (QED) is 0.662. The van der Waals surface area contributed by atoms with E-state index in [-0.39, 0.29) is 23.2 Å². The summed E-state index contributed by atoms with van der Waals surface area (Å²) < 4.78 is 0. The number of nitrogens with one attached hydrogen (secondary N) is 1. The summed E-state index contributed by atoms with van der Waals surface area (Å²) in [5, 5.41) is 13.8. The first kappa shape index (κ1) is 13.3. The van der Waals surface area contributed by atoms with Crippen LogP contribution in [0.4, 0.5) is 11.5 Å². The average Bonchev–Trinajstić information content (AvgIpc) is 2.83. The van der Waals surface area contributed by atoms with E-state index in [4.69, 9.17) is 0 Å². The van der Waals surface area contributed by atoms with E-state index in [0.29, 0.717) is 12.4 Å². The van der Waals surface area contributed by atoms with Gasteiger partial charge in [0.1, 0.15) is 17.6 Å². The Labute approximate surface area is 110 Å². The van der Waals surface area contributed by atoms with Crippen molar-refractivity contribution in [3.05, 3.63) is 27.9 Å². The van der Waals surface area contributed by atoms with Crippen molar-refractivity contribution < 1.29 is 9.72 Å². The summed E-state index contributed by atoms with van der Waals surface area (Å²) in [5.41, 5.74) is -0.152. The van der Waals surface area contributed by atoms with Crippen LogP contribution in [0.15, 0.2) is 12.3 Å². The van der Waals surface area contributed by atoms with Crippen LogP contribution in [-0.2, 0) is 0 Å². The second kappa shape index (κ2) is 5.21. The third-order valence-electron chi connectivity index (χ3n) is 3.38. The van der Waals surface area contributed by atoms with E-state index in [9.17, 15) is 14.9 Å². The zero-order valence-corrected chi connectivity index (χ0v) is 10.9. The summed E-state index contributed by atoms with van der Waals surface area (Å²) in [6, 6.07) is 1.56. The average molecular weight is 264 g/mol. The molecule has 1 fully saturated rings. The highest BCUT2D eigenvalue weighted by atomic mass is 16.6.